The SMILES string of the molecule is O=C(Nc1nc(-c2cccc3ccccc23)cs1)c1cccc(F)c1. The number of anilines is 1. The lowest BCUT2D eigenvalue weighted by Crippen LogP contribution is -2.11. The molecule has 0 saturated heterocycles. The average molecular weight is 348 g/mol. The number of carbonyl (C=O) groups excluding carboxylic acids is 1. The molecule has 0 aliphatic rings. The first-order valence-electron chi connectivity index (χ1n) is 7.71. The van der Waals surface area contributed by atoms with Crippen LogP contribution >= 0.6 is 11.3 Å². The highest BCUT2D eigenvalue weighted by Gasteiger charge is 2.12. The molecule has 1 heterocycles. The van der Waals surface area contributed by atoms with Gasteiger partial charge in [-0.25, -0.2) is 9.37 Å². The molecule has 0 atom stereocenters. The number of fused-ring (bicyclic) bond motifs is 1. The van der Waals surface area contributed by atoms with Gasteiger partial charge in [0.25, 0.3) is 5.91 Å². The Morgan fingerprint density at radius 3 is 2.68 bits per heavy atom. The third-order valence-corrected chi connectivity index (χ3v) is 4.63. The van der Waals surface area contributed by atoms with E-state index in [0.29, 0.717) is 5.13 Å². The van der Waals surface area contributed by atoms with Crippen LogP contribution in [-0.2, 0) is 0 Å². The van der Waals surface area contributed by atoms with Crippen LogP contribution in [0.1, 0.15) is 10.4 Å². The Hall–Kier alpha value is -3.05. The number of aromatic nitrogens is 1. The zero-order valence-electron chi connectivity index (χ0n) is 13.1. The molecule has 0 radical (unpaired) electrons. The van der Waals surface area contributed by atoms with Gasteiger partial charge < -0.3 is 0 Å². The second-order valence-electron chi connectivity index (χ2n) is 5.53. The highest BCUT2D eigenvalue weighted by atomic mass is 32.1. The largest absolute Gasteiger partial charge is 0.298 e. The van der Waals surface area contributed by atoms with Crippen molar-refractivity contribution in [2.24, 2.45) is 0 Å². The van der Waals surface area contributed by atoms with Crippen molar-refractivity contribution in [2.75, 3.05) is 5.32 Å². The summed E-state index contributed by atoms with van der Waals surface area (Å²) in [5.41, 5.74) is 2.08. The van der Waals surface area contributed by atoms with Crippen molar-refractivity contribution in [1.82, 2.24) is 4.98 Å². The van der Waals surface area contributed by atoms with Crippen LogP contribution in [0, 0.1) is 5.82 Å². The van der Waals surface area contributed by atoms with Crippen LogP contribution in [0.2, 0.25) is 0 Å². The van der Waals surface area contributed by atoms with E-state index in [4.69, 9.17) is 0 Å². The van der Waals surface area contributed by atoms with Gasteiger partial charge in [0, 0.05) is 16.5 Å². The molecule has 0 aliphatic carbocycles. The minimum absolute atomic E-state index is 0.266. The van der Waals surface area contributed by atoms with Crippen molar-refractivity contribution in [3.63, 3.8) is 0 Å². The topological polar surface area (TPSA) is 42.0 Å². The number of amides is 1. The molecule has 0 spiro atoms. The molecule has 3 aromatic carbocycles. The Labute approximate surface area is 147 Å². The third kappa shape index (κ3) is 3.14. The van der Waals surface area contributed by atoms with E-state index in [2.05, 4.69) is 28.5 Å². The van der Waals surface area contributed by atoms with Gasteiger partial charge in [-0.2, -0.15) is 0 Å². The van der Waals surface area contributed by atoms with Crippen LogP contribution in [0.3, 0.4) is 0 Å². The van der Waals surface area contributed by atoms with Gasteiger partial charge in [0.1, 0.15) is 5.82 Å². The van der Waals surface area contributed by atoms with Crippen LogP contribution in [-0.4, -0.2) is 10.9 Å². The number of nitrogens with zero attached hydrogens (tertiary/aromatic N) is 1. The standard InChI is InChI=1S/C20H13FN2OS/c21-15-8-3-7-14(11-15)19(24)23-20-22-18(12-25-20)17-10-4-6-13-5-1-2-9-16(13)17/h1-12H,(H,22,23,24). The van der Waals surface area contributed by atoms with Crippen molar-refractivity contribution in [2.45, 2.75) is 0 Å². The fraction of sp³-hybridized carbons (Fsp3) is 0. The van der Waals surface area contributed by atoms with E-state index >= 15 is 0 Å². The first-order chi connectivity index (χ1) is 12.2. The van der Waals surface area contributed by atoms with E-state index in [1.165, 1.54) is 29.5 Å². The third-order valence-electron chi connectivity index (χ3n) is 3.88. The maximum atomic E-state index is 13.2. The molecule has 1 amide bonds. The van der Waals surface area contributed by atoms with Gasteiger partial charge in [-0.3, -0.25) is 10.1 Å². The summed E-state index contributed by atoms with van der Waals surface area (Å²) >= 11 is 1.34. The normalized spacial score (nSPS) is 10.8. The number of rotatable bonds is 3. The number of hydrogen-bond acceptors (Lipinski definition) is 3. The number of halogens is 1. The van der Waals surface area contributed by atoms with Gasteiger partial charge in [0.2, 0.25) is 0 Å². The van der Waals surface area contributed by atoms with Crippen LogP contribution in [0.25, 0.3) is 22.0 Å². The summed E-state index contributed by atoms with van der Waals surface area (Å²) in [6, 6.07) is 19.7. The van der Waals surface area contributed by atoms with Crippen LogP contribution < -0.4 is 5.32 Å². The molecule has 1 N–H and O–H groups in total. The maximum Gasteiger partial charge on any atom is 0.257 e. The van der Waals surface area contributed by atoms with Crippen LogP contribution in [0.5, 0.6) is 0 Å². The molecule has 5 heteroatoms. The van der Waals surface area contributed by atoms with Crippen molar-refractivity contribution in [3.05, 3.63) is 83.5 Å². The second kappa shape index (κ2) is 6.45. The Morgan fingerprint density at radius 2 is 1.80 bits per heavy atom. The zero-order chi connectivity index (χ0) is 17.2. The van der Waals surface area contributed by atoms with E-state index in [-0.39, 0.29) is 11.5 Å². The fourth-order valence-corrected chi connectivity index (χ4v) is 3.41. The highest BCUT2D eigenvalue weighted by Crippen LogP contribution is 2.31. The summed E-state index contributed by atoms with van der Waals surface area (Å²) in [6.07, 6.45) is 0. The molecule has 25 heavy (non-hydrogen) atoms. The molecule has 0 bridgehead atoms. The van der Waals surface area contributed by atoms with Gasteiger partial charge in [-0.05, 0) is 29.0 Å². The molecule has 4 aromatic rings. The number of hydrogen-bond donors (Lipinski definition) is 1. The highest BCUT2D eigenvalue weighted by molar-refractivity contribution is 7.14. The van der Waals surface area contributed by atoms with E-state index in [0.717, 1.165) is 22.0 Å². The van der Waals surface area contributed by atoms with Gasteiger partial charge in [0.05, 0.1) is 5.69 Å². The monoisotopic (exact) mass is 348 g/mol. The molecule has 0 fully saturated rings. The lowest BCUT2D eigenvalue weighted by Gasteiger charge is -2.04. The lowest BCUT2D eigenvalue weighted by molar-refractivity contribution is 0.102. The van der Waals surface area contributed by atoms with Gasteiger partial charge >= 0.3 is 0 Å². The molecule has 3 nitrogen and oxygen atoms in total. The number of benzene rings is 3. The Morgan fingerprint density at radius 1 is 1.00 bits per heavy atom. The maximum absolute atomic E-state index is 13.2. The van der Waals surface area contributed by atoms with E-state index in [1.54, 1.807) is 6.07 Å². The summed E-state index contributed by atoms with van der Waals surface area (Å²) in [4.78, 5) is 16.7. The van der Waals surface area contributed by atoms with Crippen LogP contribution in [0.15, 0.2) is 72.1 Å². The predicted molar refractivity (Wildman–Crippen MR) is 99.4 cm³/mol. The van der Waals surface area contributed by atoms with Crippen molar-refractivity contribution in [3.8, 4) is 11.3 Å². The number of nitrogens with one attached hydrogen (secondary N) is 1. The first-order valence-corrected chi connectivity index (χ1v) is 8.59. The number of thiazole rings is 1. The fourth-order valence-electron chi connectivity index (χ4n) is 2.70. The minimum Gasteiger partial charge on any atom is -0.298 e. The van der Waals surface area contributed by atoms with Crippen molar-refractivity contribution >= 4 is 33.1 Å². The summed E-state index contributed by atoms with van der Waals surface area (Å²) in [7, 11) is 0. The predicted octanol–water partition coefficient (Wildman–Crippen LogP) is 5.35. The summed E-state index contributed by atoms with van der Waals surface area (Å²) in [5.74, 6) is -0.818. The summed E-state index contributed by atoms with van der Waals surface area (Å²) in [5, 5.41) is 7.36. The molecule has 1 aromatic heterocycles. The lowest BCUT2D eigenvalue weighted by atomic mass is 10.0. The van der Waals surface area contributed by atoms with Crippen molar-refractivity contribution < 1.29 is 9.18 Å². The Bertz CT molecular complexity index is 1070. The Balaban J connectivity index is 1.63. The van der Waals surface area contributed by atoms with Crippen molar-refractivity contribution in [1.29, 1.82) is 0 Å². The molecule has 0 aliphatic heterocycles. The quantitative estimate of drug-likeness (QED) is 0.542. The minimum atomic E-state index is -0.441. The molecular weight excluding hydrogens is 335 g/mol. The van der Waals surface area contributed by atoms with Gasteiger partial charge in [-0.1, -0.05) is 48.5 Å². The Kier molecular flexibility index (Phi) is 3.99. The molecule has 122 valence electrons. The van der Waals surface area contributed by atoms with Gasteiger partial charge in [0.15, 0.2) is 5.13 Å². The molecular formula is C20H13FN2OS. The summed E-state index contributed by atoms with van der Waals surface area (Å²) in [6.45, 7) is 0. The first kappa shape index (κ1) is 15.5. The molecule has 0 saturated carbocycles. The zero-order valence-corrected chi connectivity index (χ0v) is 13.9. The van der Waals surface area contributed by atoms with E-state index in [9.17, 15) is 9.18 Å². The second-order valence-corrected chi connectivity index (χ2v) is 6.39. The summed E-state index contributed by atoms with van der Waals surface area (Å²) < 4.78 is 13.2. The molecule has 0 unspecified atom stereocenters. The van der Waals surface area contributed by atoms with E-state index in [1.807, 2.05) is 29.6 Å². The van der Waals surface area contributed by atoms with Crippen LogP contribution in [0.4, 0.5) is 9.52 Å². The average Bonchev–Trinajstić information content (AvgIpc) is 3.09. The van der Waals surface area contributed by atoms with E-state index < -0.39 is 5.82 Å². The smallest absolute Gasteiger partial charge is 0.257 e. The van der Waals surface area contributed by atoms with Gasteiger partial charge in [-0.15, -0.1) is 11.3 Å². The number of carbonyl (C=O) groups is 1. The molecule has 4 rings (SSSR count).